The van der Waals surface area contributed by atoms with Gasteiger partial charge in [0.05, 0.1) is 30.7 Å². The van der Waals surface area contributed by atoms with Crippen LogP contribution in [0.1, 0.15) is 21.7 Å². The van der Waals surface area contributed by atoms with E-state index in [9.17, 15) is 22.8 Å². The maximum Gasteiger partial charge on any atom is 0.450 e. The van der Waals surface area contributed by atoms with Crippen LogP contribution in [0.2, 0.25) is 0 Å². The monoisotopic (exact) mass is 484 g/mol. The topological polar surface area (TPSA) is 75.0 Å². The zero-order valence-electron chi connectivity index (χ0n) is 18.6. The average Bonchev–Trinajstić information content (AvgIpc) is 2.86. The van der Waals surface area contributed by atoms with Gasteiger partial charge in [-0.3, -0.25) is 4.79 Å². The van der Waals surface area contributed by atoms with Crippen LogP contribution >= 0.6 is 0 Å². The first kappa shape index (κ1) is 23.9. The highest BCUT2D eigenvalue weighted by molar-refractivity contribution is 5.89. The van der Waals surface area contributed by atoms with E-state index >= 15 is 0 Å². The molecule has 3 aromatic carbocycles. The Labute approximate surface area is 197 Å². The highest BCUT2D eigenvalue weighted by Crippen LogP contribution is 2.40. The molecule has 1 aromatic heterocycles. The molecular formula is C26H19F3O6. The summed E-state index contributed by atoms with van der Waals surface area (Å²) < 4.78 is 62.5. The van der Waals surface area contributed by atoms with Crippen molar-refractivity contribution in [1.82, 2.24) is 0 Å². The summed E-state index contributed by atoms with van der Waals surface area (Å²) in [4.78, 5) is 24.7. The fourth-order valence-electron chi connectivity index (χ4n) is 3.58. The zero-order chi connectivity index (χ0) is 25.2. The summed E-state index contributed by atoms with van der Waals surface area (Å²) in [5.74, 6) is -1.58. The number of carbonyl (C=O) groups excluding carboxylic acids is 1. The van der Waals surface area contributed by atoms with E-state index in [2.05, 4.69) is 4.74 Å². The van der Waals surface area contributed by atoms with Crippen molar-refractivity contribution < 1.29 is 36.6 Å². The van der Waals surface area contributed by atoms with E-state index in [4.69, 9.17) is 13.9 Å². The fourth-order valence-corrected chi connectivity index (χ4v) is 3.58. The van der Waals surface area contributed by atoms with Crippen molar-refractivity contribution in [3.05, 3.63) is 93.8 Å². The molecule has 9 heteroatoms. The van der Waals surface area contributed by atoms with Crippen molar-refractivity contribution in [2.45, 2.75) is 12.8 Å². The molecule has 0 saturated heterocycles. The third kappa shape index (κ3) is 4.84. The number of carbonyl (C=O) groups is 1. The predicted octanol–water partition coefficient (Wildman–Crippen LogP) is 5.85. The number of hydrogen-bond donors (Lipinski definition) is 0. The lowest BCUT2D eigenvalue weighted by molar-refractivity contribution is -0.152. The van der Waals surface area contributed by atoms with Gasteiger partial charge in [0.25, 0.3) is 0 Å². The number of methoxy groups -OCH3 is 2. The third-order valence-electron chi connectivity index (χ3n) is 5.28. The summed E-state index contributed by atoms with van der Waals surface area (Å²) >= 11 is 0. The summed E-state index contributed by atoms with van der Waals surface area (Å²) in [7, 11) is 2.59. The Balaban J connectivity index is 1.72. The molecule has 0 amide bonds. The molecule has 0 N–H and O–H groups in total. The second-order valence-electron chi connectivity index (χ2n) is 7.47. The normalized spacial score (nSPS) is 11.3. The smallest absolute Gasteiger partial charge is 0.450 e. The van der Waals surface area contributed by atoms with Gasteiger partial charge in [-0.1, -0.05) is 30.3 Å². The van der Waals surface area contributed by atoms with Gasteiger partial charge in [-0.2, -0.15) is 13.2 Å². The van der Waals surface area contributed by atoms with Crippen LogP contribution in [0.15, 0.2) is 75.9 Å². The van der Waals surface area contributed by atoms with Gasteiger partial charge in [0, 0.05) is 11.6 Å². The van der Waals surface area contributed by atoms with Gasteiger partial charge >= 0.3 is 12.1 Å². The Morgan fingerprint density at radius 3 is 2.34 bits per heavy atom. The lowest BCUT2D eigenvalue weighted by atomic mass is 10.0. The first-order chi connectivity index (χ1) is 16.7. The Kier molecular flexibility index (Phi) is 6.50. The minimum Gasteiger partial charge on any atom is -0.496 e. The molecule has 0 aliphatic heterocycles. The van der Waals surface area contributed by atoms with Crippen molar-refractivity contribution in [2.24, 2.45) is 0 Å². The van der Waals surface area contributed by atoms with Crippen molar-refractivity contribution >= 4 is 16.9 Å². The molecule has 6 nitrogen and oxygen atoms in total. The number of hydrogen-bond acceptors (Lipinski definition) is 6. The second-order valence-corrected chi connectivity index (χ2v) is 7.47. The molecule has 35 heavy (non-hydrogen) atoms. The molecule has 0 aliphatic rings. The molecule has 0 atom stereocenters. The first-order valence-electron chi connectivity index (χ1n) is 10.3. The summed E-state index contributed by atoms with van der Waals surface area (Å²) in [5, 5.41) is -0.0336. The van der Waals surface area contributed by atoms with Gasteiger partial charge in [0.2, 0.25) is 11.2 Å². The van der Waals surface area contributed by atoms with Gasteiger partial charge in [-0.25, -0.2) is 4.79 Å². The maximum atomic E-state index is 13.9. The van der Waals surface area contributed by atoms with E-state index in [0.29, 0.717) is 11.1 Å². The highest BCUT2D eigenvalue weighted by Gasteiger charge is 2.40. The highest BCUT2D eigenvalue weighted by atomic mass is 19.4. The van der Waals surface area contributed by atoms with Gasteiger partial charge < -0.3 is 18.6 Å². The summed E-state index contributed by atoms with van der Waals surface area (Å²) in [5.41, 5.74) is -0.668. The predicted molar refractivity (Wildman–Crippen MR) is 122 cm³/mol. The molecular weight excluding hydrogens is 465 g/mol. The third-order valence-corrected chi connectivity index (χ3v) is 5.28. The fraction of sp³-hybridized carbons (Fsp3) is 0.154. The molecule has 0 fully saturated rings. The minimum atomic E-state index is -4.93. The standard InChI is InChI=1S/C26H19F3O6/c1-32-20-6-4-3-5-18(20)22-23(30)19-12-11-17(13-21(19)35-24(22)26(27,28)29)34-14-15-7-9-16(10-8-15)25(31)33-2/h3-13H,14H2,1-2H3. The molecule has 0 radical (unpaired) electrons. The Morgan fingerprint density at radius 1 is 0.971 bits per heavy atom. The molecule has 0 aliphatic carbocycles. The molecule has 4 aromatic rings. The van der Waals surface area contributed by atoms with E-state index < -0.39 is 28.9 Å². The molecule has 1 heterocycles. The van der Waals surface area contributed by atoms with Crippen LogP contribution in [-0.2, 0) is 17.5 Å². The summed E-state index contributed by atoms with van der Waals surface area (Å²) in [6.45, 7) is 0.0720. The van der Waals surface area contributed by atoms with Crippen LogP contribution in [0.25, 0.3) is 22.1 Å². The largest absolute Gasteiger partial charge is 0.496 e. The molecule has 0 unspecified atom stereocenters. The Bertz CT molecular complexity index is 1440. The van der Waals surface area contributed by atoms with Crippen LogP contribution in [0, 0.1) is 0 Å². The van der Waals surface area contributed by atoms with E-state index in [1.807, 2.05) is 0 Å². The van der Waals surface area contributed by atoms with Crippen molar-refractivity contribution in [3.63, 3.8) is 0 Å². The van der Waals surface area contributed by atoms with E-state index in [-0.39, 0.29) is 34.6 Å². The lowest BCUT2D eigenvalue weighted by Crippen LogP contribution is -2.16. The molecule has 0 saturated carbocycles. The molecule has 0 bridgehead atoms. The number of fused-ring (bicyclic) bond motifs is 1. The van der Waals surface area contributed by atoms with Crippen LogP contribution in [0.5, 0.6) is 11.5 Å². The molecule has 180 valence electrons. The lowest BCUT2D eigenvalue weighted by Gasteiger charge is -2.15. The molecule has 0 spiro atoms. The van der Waals surface area contributed by atoms with Crippen LogP contribution in [-0.4, -0.2) is 20.2 Å². The average molecular weight is 484 g/mol. The Hall–Kier alpha value is -4.27. The van der Waals surface area contributed by atoms with Crippen molar-refractivity contribution in [2.75, 3.05) is 14.2 Å². The maximum absolute atomic E-state index is 13.9. The number of para-hydroxylation sites is 1. The zero-order valence-corrected chi connectivity index (χ0v) is 18.6. The van der Waals surface area contributed by atoms with E-state index in [0.717, 1.165) is 0 Å². The van der Waals surface area contributed by atoms with Gasteiger partial charge in [-0.15, -0.1) is 0 Å². The SMILES string of the molecule is COC(=O)c1ccc(COc2ccc3c(=O)c(-c4ccccc4OC)c(C(F)(F)F)oc3c2)cc1. The second kappa shape index (κ2) is 9.54. The number of rotatable bonds is 6. The van der Waals surface area contributed by atoms with Crippen molar-refractivity contribution in [1.29, 1.82) is 0 Å². The van der Waals surface area contributed by atoms with Crippen LogP contribution < -0.4 is 14.9 Å². The van der Waals surface area contributed by atoms with Gasteiger partial charge in [-0.05, 0) is 35.9 Å². The van der Waals surface area contributed by atoms with Crippen LogP contribution in [0.4, 0.5) is 13.2 Å². The van der Waals surface area contributed by atoms with Gasteiger partial charge in [0.1, 0.15) is 23.7 Å². The summed E-state index contributed by atoms with van der Waals surface area (Å²) in [6, 6.07) is 16.5. The Morgan fingerprint density at radius 2 is 1.69 bits per heavy atom. The van der Waals surface area contributed by atoms with Crippen molar-refractivity contribution in [3.8, 4) is 22.6 Å². The number of halogens is 3. The number of ether oxygens (including phenoxy) is 3. The van der Waals surface area contributed by atoms with E-state index in [1.165, 1.54) is 50.6 Å². The minimum absolute atomic E-state index is 0.0197. The quantitative estimate of drug-likeness (QED) is 0.320. The number of benzene rings is 3. The molecule has 4 rings (SSSR count). The number of alkyl halides is 3. The summed E-state index contributed by atoms with van der Waals surface area (Å²) in [6.07, 6.45) is -4.93. The van der Waals surface area contributed by atoms with Crippen LogP contribution in [0.3, 0.4) is 0 Å². The number of esters is 1. The first-order valence-corrected chi connectivity index (χ1v) is 10.3. The van der Waals surface area contributed by atoms with Gasteiger partial charge in [0.15, 0.2) is 0 Å². The van der Waals surface area contributed by atoms with E-state index in [1.54, 1.807) is 30.3 Å².